The second-order valence-electron chi connectivity index (χ2n) is 6.12. The van der Waals surface area contributed by atoms with E-state index in [1.165, 1.54) is 23.9 Å². The van der Waals surface area contributed by atoms with Gasteiger partial charge < -0.3 is 19.5 Å². The van der Waals surface area contributed by atoms with E-state index < -0.39 is 27.7 Å². The van der Waals surface area contributed by atoms with Crippen molar-refractivity contribution in [1.29, 1.82) is 0 Å². The van der Waals surface area contributed by atoms with Gasteiger partial charge in [0.2, 0.25) is 0 Å². The van der Waals surface area contributed by atoms with Crippen LogP contribution in [0.4, 0.5) is 5.69 Å². The number of amides is 1. The molecule has 1 heterocycles. The van der Waals surface area contributed by atoms with Gasteiger partial charge >= 0.3 is 10.4 Å². The van der Waals surface area contributed by atoms with Crippen LogP contribution in [0.5, 0.6) is 5.75 Å². The van der Waals surface area contributed by atoms with Crippen molar-refractivity contribution in [3.8, 4) is 5.75 Å². The van der Waals surface area contributed by atoms with Gasteiger partial charge in [-0.3, -0.25) is 9.35 Å². The molecule has 0 radical (unpaired) electrons. The highest BCUT2D eigenvalue weighted by atomic mass is 32.3. The van der Waals surface area contributed by atoms with Crippen molar-refractivity contribution in [2.24, 2.45) is 0 Å². The lowest BCUT2D eigenvalue weighted by Gasteiger charge is -2.25. The number of anilines is 1. The fourth-order valence-corrected chi connectivity index (χ4v) is 4.55. The van der Waals surface area contributed by atoms with E-state index in [1.54, 1.807) is 24.1 Å². The molecule has 1 aliphatic rings. The second-order valence-corrected chi connectivity index (χ2v) is 8.33. The third kappa shape index (κ3) is 4.65. The van der Waals surface area contributed by atoms with Crippen molar-refractivity contribution in [3.05, 3.63) is 54.1 Å². The van der Waals surface area contributed by atoms with E-state index in [4.69, 9.17) is 4.55 Å². The van der Waals surface area contributed by atoms with E-state index in [0.717, 1.165) is 10.6 Å². The molecule has 1 aliphatic heterocycles. The predicted molar refractivity (Wildman–Crippen MR) is 106 cm³/mol. The summed E-state index contributed by atoms with van der Waals surface area (Å²) < 4.78 is 34.8. The summed E-state index contributed by atoms with van der Waals surface area (Å²) in [6.45, 7) is 0.988. The topological polar surface area (TPSA) is 116 Å². The van der Waals surface area contributed by atoms with E-state index in [2.05, 4.69) is 9.50 Å². The molecule has 150 valence electrons. The molecule has 2 aromatic carbocycles. The molecule has 0 bridgehead atoms. The molecule has 3 rings (SSSR count). The number of rotatable bonds is 6. The van der Waals surface area contributed by atoms with Gasteiger partial charge in [-0.05, 0) is 36.9 Å². The van der Waals surface area contributed by atoms with Crippen LogP contribution in [-0.2, 0) is 15.2 Å². The van der Waals surface area contributed by atoms with Crippen LogP contribution in [0.1, 0.15) is 10.8 Å². The molecule has 2 aromatic rings. The highest BCUT2D eigenvalue weighted by Crippen LogP contribution is 2.45. The van der Waals surface area contributed by atoms with Crippen molar-refractivity contribution in [2.45, 2.75) is 16.2 Å². The van der Waals surface area contributed by atoms with Gasteiger partial charge in [-0.2, -0.15) is 8.42 Å². The zero-order valence-corrected chi connectivity index (χ0v) is 16.6. The Labute approximate surface area is 167 Å². The maximum absolute atomic E-state index is 12.9. The average Bonchev–Trinajstić information content (AvgIpc) is 2.75. The number of hydrogen-bond acceptors (Lipinski definition) is 7. The van der Waals surface area contributed by atoms with E-state index in [9.17, 15) is 18.3 Å². The van der Waals surface area contributed by atoms with E-state index in [0.29, 0.717) is 18.7 Å². The number of nitrogens with zero attached hydrogens (tertiary/aromatic N) is 1. The number of carbonyl (C=O) groups excluding carboxylic acids is 1. The molecule has 0 aliphatic carbocycles. The summed E-state index contributed by atoms with van der Waals surface area (Å²) in [5.74, 6) is -0.474. The number of carbonyl (C=O) groups is 1. The number of benzene rings is 2. The van der Waals surface area contributed by atoms with Gasteiger partial charge in [0, 0.05) is 18.0 Å². The highest BCUT2D eigenvalue weighted by molar-refractivity contribution is 7.99. The van der Waals surface area contributed by atoms with E-state index in [1.807, 2.05) is 24.3 Å². The predicted octanol–water partition coefficient (Wildman–Crippen LogP) is 1.63. The largest absolute Gasteiger partial charge is 0.446 e. The lowest BCUT2D eigenvalue weighted by molar-refractivity contribution is -0.126. The van der Waals surface area contributed by atoms with Gasteiger partial charge in [-0.15, -0.1) is 11.8 Å². The van der Waals surface area contributed by atoms with Crippen molar-refractivity contribution in [3.63, 3.8) is 0 Å². The fourth-order valence-electron chi connectivity index (χ4n) is 2.93. The van der Waals surface area contributed by atoms with Gasteiger partial charge in [-0.25, -0.2) is 0 Å². The molecule has 0 saturated heterocycles. The molecule has 8 nitrogen and oxygen atoms in total. The first-order valence-electron chi connectivity index (χ1n) is 8.47. The fraction of sp³-hybridized carbons (Fsp3) is 0.278. The van der Waals surface area contributed by atoms with Gasteiger partial charge in [0.15, 0.2) is 0 Å². The second kappa shape index (κ2) is 8.50. The molecule has 10 heteroatoms. The smallest absolute Gasteiger partial charge is 0.382 e. The molecule has 28 heavy (non-hydrogen) atoms. The van der Waals surface area contributed by atoms with Crippen LogP contribution in [-0.4, -0.2) is 50.2 Å². The number of aliphatic hydroxyl groups excluding tert-OH is 1. The minimum absolute atomic E-state index is 0.0678. The average molecular weight is 425 g/mol. The van der Waals surface area contributed by atoms with Crippen molar-refractivity contribution in [2.75, 3.05) is 25.0 Å². The maximum atomic E-state index is 12.9. The van der Waals surface area contributed by atoms with E-state index in [-0.39, 0.29) is 5.75 Å². The number of nitrogens with one attached hydrogen (secondary N) is 1. The summed E-state index contributed by atoms with van der Waals surface area (Å²) in [6, 6.07) is 13.3. The van der Waals surface area contributed by atoms with Crippen molar-refractivity contribution in [1.82, 2.24) is 5.32 Å². The Balaban J connectivity index is 1.94. The van der Waals surface area contributed by atoms with Crippen LogP contribution in [0.15, 0.2) is 53.4 Å². The van der Waals surface area contributed by atoms with E-state index >= 15 is 0 Å². The standard InChI is InChI=1S/C18H20N2O6S2/c1-19-10-11-20-14-4-2-3-5-15(14)27-17(16(21)18(20)22)12-6-8-13(9-7-12)26-28(23,24)25/h2-9,16-17,19,21H,10-11H2,1H3,(H,23,24,25)/t16-,17+/m1/s1. The Morgan fingerprint density at radius 2 is 1.86 bits per heavy atom. The molecule has 3 N–H and O–H groups in total. The minimum atomic E-state index is -4.62. The van der Waals surface area contributed by atoms with Gasteiger partial charge in [-0.1, -0.05) is 24.3 Å². The molecular formula is C18H20N2O6S2. The number of thioether (sulfide) groups is 1. The lowest BCUT2D eigenvalue weighted by Crippen LogP contribution is -2.43. The van der Waals surface area contributed by atoms with Gasteiger partial charge in [0.1, 0.15) is 11.9 Å². The minimum Gasteiger partial charge on any atom is -0.382 e. The summed E-state index contributed by atoms with van der Waals surface area (Å²) in [5.41, 5.74) is 1.36. The van der Waals surface area contributed by atoms with Crippen LogP contribution in [0.2, 0.25) is 0 Å². The van der Waals surface area contributed by atoms with Crippen molar-refractivity contribution >= 4 is 33.8 Å². The third-order valence-electron chi connectivity index (χ3n) is 4.21. The van der Waals surface area contributed by atoms with Crippen LogP contribution in [0.25, 0.3) is 0 Å². The number of aliphatic hydroxyl groups is 1. The molecule has 0 unspecified atom stereocenters. The first-order chi connectivity index (χ1) is 13.3. The summed E-state index contributed by atoms with van der Waals surface area (Å²) in [5, 5.41) is 13.2. The molecule has 0 fully saturated rings. The summed E-state index contributed by atoms with van der Waals surface area (Å²) in [6.07, 6.45) is -1.29. The highest BCUT2D eigenvalue weighted by Gasteiger charge is 2.37. The van der Waals surface area contributed by atoms with Crippen LogP contribution in [0.3, 0.4) is 0 Å². The Hall–Kier alpha value is -2.11. The molecule has 1 amide bonds. The molecule has 0 spiro atoms. The summed E-state index contributed by atoms with van der Waals surface area (Å²) in [4.78, 5) is 15.4. The summed E-state index contributed by atoms with van der Waals surface area (Å²) >= 11 is 1.36. The van der Waals surface area contributed by atoms with Gasteiger partial charge in [0.25, 0.3) is 5.91 Å². The molecule has 0 saturated carbocycles. The van der Waals surface area contributed by atoms with Crippen LogP contribution in [0, 0.1) is 0 Å². The first-order valence-corrected chi connectivity index (χ1v) is 10.7. The zero-order valence-electron chi connectivity index (χ0n) is 15.0. The number of fused-ring (bicyclic) bond motifs is 1. The molecular weight excluding hydrogens is 404 g/mol. The first kappa shape index (κ1) is 20.6. The van der Waals surface area contributed by atoms with Crippen molar-refractivity contribution < 1.29 is 27.1 Å². The SMILES string of the molecule is CNCCN1C(=O)[C@H](O)[C@H](c2ccc(OS(=O)(=O)O)cc2)Sc2ccccc21. The Bertz CT molecular complexity index is 949. The normalized spacial score (nSPS) is 19.8. The third-order valence-corrected chi connectivity index (χ3v) is 6.00. The number of likely N-dealkylation sites (N-methyl/N-ethyl adjacent to an activating group) is 1. The Kier molecular flexibility index (Phi) is 6.26. The van der Waals surface area contributed by atoms with Crippen LogP contribution < -0.4 is 14.4 Å². The van der Waals surface area contributed by atoms with Gasteiger partial charge in [0.05, 0.1) is 10.9 Å². The Morgan fingerprint density at radius 1 is 1.18 bits per heavy atom. The zero-order chi connectivity index (χ0) is 20.3. The summed E-state index contributed by atoms with van der Waals surface area (Å²) in [7, 11) is -2.83. The molecule has 2 atom stereocenters. The number of hydrogen-bond donors (Lipinski definition) is 3. The van der Waals surface area contributed by atoms with Crippen LogP contribution >= 0.6 is 11.8 Å². The molecule has 0 aromatic heterocycles. The Morgan fingerprint density at radius 3 is 2.50 bits per heavy atom. The monoisotopic (exact) mass is 424 g/mol. The quantitative estimate of drug-likeness (QED) is 0.599. The maximum Gasteiger partial charge on any atom is 0.446 e. The lowest BCUT2D eigenvalue weighted by atomic mass is 10.1. The number of para-hydroxylation sites is 1.